The number of anilines is 2. The third-order valence-corrected chi connectivity index (χ3v) is 4.06. The quantitative estimate of drug-likeness (QED) is 0.705. The minimum absolute atomic E-state index is 0.872. The lowest BCUT2D eigenvalue weighted by atomic mass is 10.2. The summed E-state index contributed by atoms with van der Waals surface area (Å²) < 4.78 is 1.78. The van der Waals surface area contributed by atoms with Crippen LogP contribution in [0.25, 0.3) is 11.0 Å². The summed E-state index contributed by atoms with van der Waals surface area (Å²) in [5, 5.41) is 5.29. The second-order valence-electron chi connectivity index (χ2n) is 5.36. The van der Waals surface area contributed by atoms with Crippen molar-refractivity contribution in [1.82, 2.24) is 24.7 Å². The van der Waals surface area contributed by atoms with Crippen molar-refractivity contribution in [2.24, 2.45) is 7.05 Å². The first-order valence-corrected chi connectivity index (χ1v) is 7.36. The number of hydrogen-bond acceptors (Lipinski definition) is 6. The molecule has 4 rings (SSSR count). The first-order valence-electron chi connectivity index (χ1n) is 7.36. The van der Waals surface area contributed by atoms with Crippen LogP contribution in [0.1, 0.15) is 0 Å². The van der Waals surface area contributed by atoms with E-state index in [9.17, 15) is 0 Å². The second-order valence-corrected chi connectivity index (χ2v) is 5.36. The molecule has 0 amide bonds. The molecule has 0 atom stereocenters. The molecule has 3 aromatic heterocycles. The van der Waals surface area contributed by atoms with Gasteiger partial charge in [-0.1, -0.05) is 6.07 Å². The molecule has 1 saturated heterocycles. The van der Waals surface area contributed by atoms with E-state index in [1.165, 1.54) is 0 Å². The topological polar surface area (TPSA) is 63.0 Å². The lowest BCUT2D eigenvalue weighted by Crippen LogP contribution is -2.47. The molecule has 3 aromatic rings. The molecule has 0 N–H and O–H groups in total. The Morgan fingerprint density at radius 2 is 1.77 bits per heavy atom. The molecular formula is C15H17N7. The zero-order valence-corrected chi connectivity index (χ0v) is 12.4. The summed E-state index contributed by atoms with van der Waals surface area (Å²) in [5.41, 5.74) is 0.872. The van der Waals surface area contributed by atoms with Gasteiger partial charge >= 0.3 is 0 Å². The fraction of sp³-hybridized carbons (Fsp3) is 0.333. The van der Waals surface area contributed by atoms with Crippen molar-refractivity contribution >= 4 is 22.7 Å². The van der Waals surface area contributed by atoms with Crippen LogP contribution in [0, 0.1) is 0 Å². The Morgan fingerprint density at radius 3 is 2.55 bits per heavy atom. The summed E-state index contributed by atoms with van der Waals surface area (Å²) >= 11 is 0. The molecule has 1 fully saturated rings. The average Bonchev–Trinajstić information content (AvgIpc) is 2.97. The van der Waals surface area contributed by atoms with Gasteiger partial charge < -0.3 is 9.80 Å². The van der Waals surface area contributed by atoms with Gasteiger partial charge in [0.05, 0.1) is 11.6 Å². The lowest BCUT2D eigenvalue weighted by molar-refractivity contribution is 0.643. The molecule has 0 saturated carbocycles. The maximum absolute atomic E-state index is 4.47. The van der Waals surface area contributed by atoms with Crippen LogP contribution in [0.3, 0.4) is 0 Å². The van der Waals surface area contributed by atoms with Crippen LogP contribution in [-0.4, -0.2) is 50.9 Å². The van der Waals surface area contributed by atoms with E-state index < -0.39 is 0 Å². The lowest BCUT2D eigenvalue weighted by Gasteiger charge is -2.36. The van der Waals surface area contributed by atoms with E-state index in [1.54, 1.807) is 11.0 Å². The number of nitrogens with zero attached hydrogens (tertiary/aromatic N) is 7. The summed E-state index contributed by atoms with van der Waals surface area (Å²) in [5.74, 6) is 2.01. The molecule has 7 heteroatoms. The van der Waals surface area contributed by atoms with Gasteiger partial charge in [-0.25, -0.2) is 15.0 Å². The van der Waals surface area contributed by atoms with Crippen molar-refractivity contribution in [3.63, 3.8) is 0 Å². The zero-order valence-electron chi connectivity index (χ0n) is 12.4. The van der Waals surface area contributed by atoms with E-state index in [0.717, 1.165) is 48.8 Å². The molecule has 22 heavy (non-hydrogen) atoms. The highest BCUT2D eigenvalue weighted by Gasteiger charge is 2.21. The van der Waals surface area contributed by atoms with E-state index in [-0.39, 0.29) is 0 Å². The van der Waals surface area contributed by atoms with E-state index >= 15 is 0 Å². The van der Waals surface area contributed by atoms with Gasteiger partial charge in [-0.05, 0) is 12.1 Å². The van der Waals surface area contributed by atoms with Crippen LogP contribution in [0.4, 0.5) is 11.6 Å². The maximum Gasteiger partial charge on any atom is 0.163 e. The fourth-order valence-electron chi connectivity index (χ4n) is 2.89. The molecule has 112 valence electrons. The summed E-state index contributed by atoms with van der Waals surface area (Å²) in [6.45, 7) is 3.70. The Labute approximate surface area is 128 Å². The smallest absolute Gasteiger partial charge is 0.163 e. The second kappa shape index (κ2) is 5.25. The standard InChI is InChI=1S/C15H17N7/c1-20-14-12(10-19-20)15(18-11-17-14)22-8-6-21(7-9-22)13-4-2-3-5-16-13/h2-5,10-11H,6-9H2,1H3. The summed E-state index contributed by atoms with van der Waals surface area (Å²) in [7, 11) is 1.90. The molecule has 0 unspecified atom stereocenters. The van der Waals surface area contributed by atoms with Crippen molar-refractivity contribution in [2.75, 3.05) is 36.0 Å². The third kappa shape index (κ3) is 2.14. The monoisotopic (exact) mass is 295 g/mol. The molecule has 1 aliphatic heterocycles. The van der Waals surface area contributed by atoms with Gasteiger partial charge in [0.2, 0.25) is 0 Å². The third-order valence-electron chi connectivity index (χ3n) is 4.06. The number of aromatic nitrogens is 5. The maximum atomic E-state index is 4.47. The van der Waals surface area contributed by atoms with Crippen LogP contribution in [0.15, 0.2) is 36.9 Å². The molecule has 4 heterocycles. The van der Waals surface area contributed by atoms with Crippen molar-refractivity contribution in [1.29, 1.82) is 0 Å². The van der Waals surface area contributed by atoms with Crippen molar-refractivity contribution in [2.45, 2.75) is 0 Å². The minimum Gasteiger partial charge on any atom is -0.353 e. The van der Waals surface area contributed by atoms with Gasteiger partial charge in [-0.15, -0.1) is 0 Å². The van der Waals surface area contributed by atoms with E-state index in [0.29, 0.717) is 0 Å². The van der Waals surface area contributed by atoms with Gasteiger partial charge in [0, 0.05) is 39.4 Å². The van der Waals surface area contributed by atoms with Crippen LogP contribution < -0.4 is 9.80 Å². The average molecular weight is 295 g/mol. The molecule has 0 spiro atoms. The Morgan fingerprint density at radius 1 is 0.955 bits per heavy atom. The predicted molar refractivity (Wildman–Crippen MR) is 85.0 cm³/mol. The SMILES string of the molecule is Cn1ncc2c(N3CCN(c4ccccn4)CC3)ncnc21. The fourth-order valence-corrected chi connectivity index (χ4v) is 2.89. The normalized spacial score (nSPS) is 15.5. The van der Waals surface area contributed by atoms with Crippen LogP contribution in [0.2, 0.25) is 0 Å². The zero-order chi connectivity index (χ0) is 14.9. The minimum atomic E-state index is 0.872. The van der Waals surface area contributed by atoms with Gasteiger partial charge in [0.15, 0.2) is 5.65 Å². The molecule has 0 aromatic carbocycles. The number of aryl methyl sites for hydroxylation is 1. The first kappa shape index (κ1) is 13.0. The molecular weight excluding hydrogens is 278 g/mol. The number of pyridine rings is 1. The number of rotatable bonds is 2. The Bertz CT molecular complexity index is 775. The van der Waals surface area contributed by atoms with Crippen molar-refractivity contribution in [3.05, 3.63) is 36.9 Å². The van der Waals surface area contributed by atoms with Gasteiger partial charge in [0.1, 0.15) is 18.0 Å². The number of fused-ring (bicyclic) bond motifs is 1. The molecule has 0 radical (unpaired) electrons. The molecule has 0 aliphatic carbocycles. The van der Waals surface area contributed by atoms with E-state index in [2.05, 4.69) is 35.9 Å². The van der Waals surface area contributed by atoms with Crippen LogP contribution in [-0.2, 0) is 7.05 Å². The summed E-state index contributed by atoms with van der Waals surface area (Å²) in [4.78, 5) is 17.8. The molecule has 0 bridgehead atoms. The van der Waals surface area contributed by atoms with Crippen molar-refractivity contribution in [3.8, 4) is 0 Å². The van der Waals surface area contributed by atoms with Gasteiger partial charge in [-0.3, -0.25) is 4.68 Å². The summed E-state index contributed by atoms with van der Waals surface area (Å²) in [6.07, 6.45) is 5.30. The van der Waals surface area contributed by atoms with Crippen LogP contribution in [0.5, 0.6) is 0 Å². The van der Waals surface area contributed by atoms with Gasteiger partial charge in [0.25, 0.3) is 0 Å². The Balaban J connectivity index is 1.56. The predicted octanol–water partition coefficient (Wildman–Crippen LogP) is 1.08. The largest absolute Gasteiger partial charge is 0.353 e. The highest BCUT2D eigenvalue weighted by Crippen LogP contribution is 2.24. The highest BCUT2D eigenvalue weighted by molar-refractivity contribution is 5.86. The highest BCUT2D eigenvalue weighted by atomic mass is 15.3. The van der Waals surface area contributed by atoms with E-state index in [1.807, 2.05) is 31.6 Å². The van der Waals surface area contributed by atoms with Crippen molar-refractivity contribution < 1.29 is 0 Å². The number of hydrogen-bond donors (Lipinski definition) is 0. The van der Waals surface area contributed by atoms with Crippen LogP contribution >= 0.6 is 0 Å². The number of piperazine rings is 1. The van der Waals surface area contributed by atoms with Gasteiger partial charge in [-0.2, -0.15) is 5.10 Å². The molecule has 1 aliphatic rings. The summed E-state index contributed by atoms with van der Waals surface area (Å²) in [6, 6.07) is 6.03. The Hall–Kier alpha value is -2.70. The first-order chi connectivity index (χ1) is 10.8. The van der Waals surface area contributed by atoms with E-state index in [4.69, 9.17) is 0 Å². The molecule has 7 nitrogen and oxygen atoms in total. The Kier molecular flexibility index (Phi) is 3.10.